The van der Waals surface area contributed by atoms with Crippen molar-refractivity contribution < 1.29 is 4.42 Å². The van der Waals surface area contributed by atoms with Gasteiger partial charge in [-0.3, -0.25) is 0 Å². The van der Waals surface area contributed by atoms with E-state index in [1.807, 2.05) is 6.92 Å². The van der Waals surface area contributed by atoms with Gasteiger partial charge in [-0.05, 0) is 19.4 Å². The Morgan fingerprint density at radius 1 is 1.64 bits per heavy atom. The molecule has 1 aromatic heterocycles. The quantitative estimate of drug-likeness (QED) is 0.781. The van der Waals surface area contributed by atoms with Gasteiger partial charge in [0.05, 0.1) is 15.6 Å². The molecule has 2 nitrogen and oxygen atoms in total. The second kappa shape index (κ2) is 4.67. The molecule has 0 fully saturated rings. The van der Waals surface area contributed by atoms with Gasteiger partial charge in [0.15, 0.2) is 0 Å². The van der Waals surface area contributed by atoms with Gasteiger partial charge in [0, 0.05) is 0 Å². The topological polar surface area (TPSA) is 30.2 Å². The van der Waals surface area contributed by atoms with E-state index in [0.717, 1.165) is 6.42 Å². The monoisotopic (exact) mass is 232 g/mol. The third-order valence-corrected chi connectivity index (χ3v) is 2.29. The Kier molecular flexibility index (Phi) is 3.78. The van der Waals surface area contributed by atoms with Gasteiger partial charge in [0.25, 0.3) is 0 Å². The number of allylic oxidation sites excluding steroid dienone is 1. The Balaban J connectivity index is 3.35. The van der Waals surface area contributed by atoms with E-state index >= 15 is 0 Å². The lowest BCUT2D eigenvalue weighted by molar-refractivity contribution is 0.478. The van der Waals surface area contributed by atoms with E-state index in [0.29, 0.717) is 15.8 Å². The van der Waals surface area contributed by atoms with E-state index in [4.69, 9.17) is 27.6 Å². The van der Waals surface area contributed by atoms with Gasteiger partial charge in [0.1, 0.15) is 5.76 Å². The molecule has 0 saturated carbocycles. The molecule has 0 atom stereocenters. The summed E-state index contributed by atoms with van der Waals surface area (Å²) in [6.45, 7) is 3.58. The Morgan fingerprint density at radius 3 is 2.79 bits per heavy atom. The van der Waals surface area contributed by atoms with Crippen molar-refractivity contribution in [2.45, 2.75) is 20.3 Å². The van der Waals surface area contributed by atoms with Crippen LogP contribution in [0.1, 0.15) is 24.7 Å². The predicted octanol–water partition coefficient (Wildman–Crippen LogP) is 3.59. The maximum atomic E-state index is 11.4. The van der Waals surface area contributed by atoms with Crippen LogP contribution in [-0.2, 0) is 0 Å². The largest absolute Gasteiger partial charge is 0.428 e. The van der Waals surface area contributed by atoms with Gasteiger partial charge in [-0.2, -0.15) is 0 Å². The molecule has 0 amide bonds. The normalized spacial score (nSPS) is 11.9. The zero-order chi connectivity index (χ0) is 10.7. The molecule has 0 aliphatic rings. The molecule has 0 spiro atoms. The van der Waals surface area contributed by atoms with E-state index in [-0.39, 0.29) is 5.56 Å². The van der Waals surface area contributed by atoms with Gasteiger partial charge in [0.2, 0.25) is 0 Å². The lowest BCUT2D eigenvalue weighted by atomic mass is 10.2. The first kappa shape index (κ1) is 11.3. The minimum absolute atomic E-state index is 0.237. The summed E-state index contributed by atoms with van der Waals surface area (Å²) in [5, 5.41) is 0.666. The molecule has 0 N–H and O–H groups in total. The SMILES string of the molecule is CCC=C(Cl)c1c(Cl)cc(C)oc1=O. The molecular weight excluding hydrogens is 223 g/mol. The van der Waals surface area contributed by atoms with E-state index in [1.54, 1.807) is 19.1 Å². The summed E-state index contributed by atoms with van der Waals surface area (Å²) >= 11 is 11.8. The van der Waals surface area contributed by atoms with Crippen LogP contribution in [0.4, 0.5) is 0 Å². The average molecular weight is 233 g/mol. The molecule has 0 aliphatic heterocycles. The zero-order valence-corrected chi connectivity index (χ0v) is 9.45. The number of halogens is 2. The fourth-order valence-electron chi connectivity index (χ4n) is 1.07. The molecule has 0 saturated heterocycles. The number of rotatable bonds is 2. The summed E-state index contributed by atoms with van der Waals surface area (Å²) < 4.78 is 4.89. The van der Waals surface area contributed by atoms with Gasteiger partial charge in [-0.15, -0.1) is 0 Å². The Labute approximate surface area is 92.1 Å². The highest BCUT2D eigenvalue weighted by Crippen LogP contribution is 2.24. The Morgan fingerprint density at radius 2 is 2.29 bits per heavy atom. The summed E-state index contributed by atoms with van der Waals surface area (Å²) in [4.78, 5) is 11.4. The number of hydrogen-bond acceptors (Lipinski definition) is 2. The van der Waals surface area contributed by atoms with Crippen molar-refractivity contribution in [1.82, 2.24) is 0 Å². The van der Waals surface area contributed by atoms with Crippen molar-refractivity contribution in [2.75, 3.05) is 0 Å². The molecular formula is C10H10Cl2O2. The zero-order valence-electron chi connectivity index (χ0n) is 7.93. The van der Waals surface area contributed by atoms with Gasteiger partial charge >= 0.3 is 5.63 Å². The molecule has 4 heteroatoms. The number of hydrogen-bond donors (Lipinski definition) is 0. The fourth-order valence-corrected chi connectivity index (χ4v) is 1.78. The van der Waals surface area contributed by atoms with Crippen molar-refractivity contribution in [3.8, 4) is 0 Å². The van der Waals surface area contributed by atoms with Crippen LogP contribution in [0.5, 0.6) is 0 Å². The van der Waals surface area contributed by atoms with Crippen LogP contribution in [-0.4, -0.2) is 0 Å². The average Bonchev–Trinajstić information content (AvgIpc) is 2.01. The predicted molar refractivity (Wildman–Crippen MR) is 58.8 cm³/mol. The molecule has 0 bridgehead atoms. The molecule has 1 rings (SSSR count). The summed E-state index contributed by atoms with van der Waals surface area (Å²) in [5.41, 5.74) is -0.259. The highest BCUT2D eigenvalue weighted by molar-refractivity contribution is 6.50. The molecule has 1 heterocycles. The van der Waals surface area contributed by atoms with Crippen LogP contribution in [0.25, 0.3) is 5.03 Å². The minimum atomic E-state index is -0.496. The number of aryl methyl sites for hydroxylation is 1. The molecule has 0 unspecified atom stereocenters. The lowest BCUT2D eigenvalue weighted by Crippen LogP contribution is -2.06. The standard InChI is InChI=1S/C10H10Cl2O2/c1-3-4-7(11)9-8(12)5-6(2)14-10(9)13/h4-5H,3H2,1-2H3. The molecule has 0 radical (unpaired) electrons. The fraction of sp³-hybridized carbons (Fsp3) is 0.300. The van der Waals surface area contributed by atoms with Gasteiger partial charge < -0.3 is 4.42 Å². The lowest BCUT2D eigenvalue weighted by Gasteiger charge is -2.01. The summed E-state index contributed by atoms with van der Waals surface area (Å²) in [7, 11) is 0. The van der Waals surface area contributed by atoms with Crippen molar-refractivity contribution >= 4 is 28.2 Å². The van der Waals surface area contributed by atoms with E-state index in [2.05, 4.69) is 0 Å². The Bertz CT molecular complexity index is 419. The maximum absolute atomic E-state index is 11.4. The molecule has 0 aromatic carbocycles. The highest BCUT2D eigenvalue weighted by Gasteiger charge is 2.11. The summed E-state index contributed by atoms with van der Waals surface area (Å²) in [5.74, 6) is 0.477. The highest BCUT2D eigenvalue weighted by atomic mass is 35.5. The summed E-state index contributed by atoms with van der Waals surface area (Å²) in [6.07, 6.45) is 2.46. The third-order valence-electron chi connectivity index (χ3n) is 1.65. The molecule has 14 heavy (non-hydrogen) atoms. The van der Waals surface area contributed by atoms with Gasteiger partial charge in [-0.1, -0.05) is 36.2 Å². The first-order valence-electron chi connectivity index (χ1n) is 4.22. The molecule has 1 aromatic rings. The first-order valence-corrected chi connectivity index (χ1v) is 4.98. The van der Waals surface area contributed by atoms with Gasteiger partial charge in [-0.25, -0.2) is 4.79 Å². The Hall–Kier alpha value is -0.730. The van der Waals surface area contributed by atoms with E-state index in [9.17, 15) is 4.79 Å². The molecule has 76 valence electrons. The second-order valence-corrected chi connectivity index (χ2v) is 3.64. The molecule has 0 aliphatic carbocycles. The van der Waals surface area contributed by atoms with Crippen molar-refractivity contribution in [3.63, 3.8) is 0 Å². The third kappa shape index (κ3) is 2.40. The van der Waals surface area contributed by atoms with Crippen LogP contribution in [0.3, 0.4) is 0 Å². The van der Waals surface area contributed by atoms with Crippen LogP contribution >= 0.6 is 23.2 Å². The van der Waals surface area contributed by atoms with Crippen LogP contribution < -0.4 is 5.63 Å². The maximum Gasteiger partial charge on any atom is 0.346 e. The van der Waals surface area contributed by atoms with Crippen molar-refractivity contribution in [1.29, 1.82) is 0 Å². The second-order valence-electron chi connectivity index (χ2n) is 2.83. The van der Waals surface area contributed by atoms with Crippen LogP contribution in [0.15, 0.2) is 21.4 Å². The van der Waals surface area contributed by atoms with Crippen molar-refractivity contribution in [3.05, 3.63) is 38.9 Å². The van der Waals surface area contributed by atoms with Crippen LogP contribution in [0.2, 0.25) is 5.02 Å². The smallest absolute Gasteiger partial charge is 0.346 e. The van der Waals surface area contributed by atoms with E-state index < -0.39 is 5.63 Å². The summed E-state index contributed by atoms with van der Waals surface area (Å²) in [6, 6.07) is 1.57. The van der Waals surface area contributed by atoms with E-state index in [1.165, 1.54) is 0 Å². The minimum Gasteiger partial charge on any atom is -0.428 e. The van der Waals surface area contributed by atoms with Crippen LogP contribution in [0, 0.1) is 6.92 Å². The van der Waals surface area contributed by atoms with Crippen molar-refractivity contribution in [2.24, 2.45) is 0 Å². The first-order chi connectivity index (χ1) is 6.56.